The van der Waals surface area contributed by atoms with Crippen molar-refractivity contribution in [3.05, 3.63) is 29.5 Å². The van der Waals surface area contributed by atoms with E-state index in [4.69, 9.17) is 4.42 Å². The number of oxazole rings is 1. The molecule has 0 fully saturated rings. The van der Waals surface area contributed by atoms with Crippen molar-refractivity contribution >= 4 is 5.91 Å². The maximum absolute atomic E-state index is 11.6. The first kappa shape index (κ1) is 11.9. The maximum Gasteiger partial charge on any atom is 0.288 e. The van der Waals surface area contributed by atoms with Gasteiger partial charge in [0.15, 0.2) is 5.89 Å². The Morgan fingerprint density at radius 3 is 3.06 bits per heavy atom. The Morgan fingerprint density at radius 1 is 1.53 bits per heavy atom. The zero-order chi connectivity index (χ0) is 12.1. The summed E-state index contributed by atoms with van der Waals surface area (Å²) in [7, 11) is 0. The minimum absolute atomic E-state index is 0.179. The van der Waals surface area contributed by atoms with Crippen LogP contribution in [0.15, 0.2) is 22.3 Å². The average molecular weight is 234 g/mol. The fourth-order valence-corrected chi connectivity index (χ4v) is 2.02. The van der Waals surface area contributed by atoms with Crippen LogP contribution in [0.4, 0.5) is 0 Å². The first-order chi connectivity index (χ1) is 8.25. The van der Waals surface area contributed by atoms with E-state index in [0.717, 1.165) is 6.42 Å². The lowest BCUT2D eigenvalue weighted by Gasteiger charge is -2.12. The van der Waals surface area contributed by atoms with Crippen LogP contribution in [0, 0.1) is 6.92 Å². The molecule has 2 rings (SSSR count). The summed E-state index contributed by atoms with van der Waals surface area (Å²) in [6.45, 7) is 2.40. The Hall–Kier alpha value is -1.58. The van der Waals surface area contributed by atoms with Gasteiger partial charge in [-0.25, -0.2) is 4.98 Å². The van der Waals surface area contributed by atoms with Gasteiger partial charge in [-0.05, 0) is 32.1 Å². The molecule has 0 atom stereocenters. The molecule has 4 heteroatoms. The molecular formula is C13H18N2O2. The van der Waals surface area contributed by atoms with Crippen LogP contribution in [0.5, 0.6) is 0 Å². The van der Waals surface area contributed by atoms with Crippen LogP contribution in [0.1, 0.15) is 48.5 Å². The van der Waals surface area contributed by atoms with Crippen LogP contribution in [-0.4, -0.2) is 17.4 Å². The van der Waals surface area contributed by atoms with Crippen molar-refractivity contribution in [3.8, 4) is 0 Å². The third-order valence-corrected chi connectivity index (χ3v) is 2.96. The van der Waals surface area contributed by atoms with E-state index in [1.807, 2.05) is 0 Å². The Labute approximate surface area is 101 Å². The van der Waals surface area contributed by atoms with E-state index in [-0.39, 0.29) is 5.91 Å². The number of aromatic nitrogens is 1. The summed E-state index contributed by atoms with van der Waals surface area (Å²) >= 11 is 0. The highest BCUT2D eigenvalue weighted by Gasteiger charge is 2.10. The summed E-state index contributed by atoms with van der Waals surface area (Å²) in [4.78, 5) is 15.5. The highest BCUT2D eigenvalue weighted by Crippen LogP contribution is 2.19. The monoisotopic (exact) mass is 234 g/mol. The van der Waals surface area contributed by atoms with Gasteiger partial charge in [0.05, 0.1) is 6.20 Å². The van der Waals surface area contributed by atoms with Crippen LogP contribution >= 0.6 is 0 Å². The molecule has 0 saturated carbocycles. The van der Waals surface area contributed by atoms with E-state index >= 15 is 0 Å². The first-order valence-electron chi connectivity index (χ1n) is 6.14. The van der Waals surface area contributed by atoms with Gasteiger partial charge < -0.3 is 9.73 Å². The van der Waals surface area contributed by atoms with Crippen molar-refractivity contribution in [3.63, 3.8) is 0 Å². The fraction of sp³-hybridized carbons (Fsp3) is 0.538. The topological polar surface area (TPSA) is 55.1 Å². The van der Waals surface area contributed by atoms with Crippen LogP contribution in [0.25, 0.3) is 0 Å². The second kappa shape index (κ2) is 5.66. The second-order valence-electron chi connectivity index (χ2n) is 4.36. The van der Waals surface area contributed by atoms with Gasteiger partial charge in [0.1, 0.15) is 0 Å². The SMILES string of the molecule is Cc1ncc(C(=O)NCCC2=CCCCC2)o1. The van der Waals surface area contributed by atoms with E-state index in [1.54, 1.807) is 6.92 Å². The van der Waals surface area contributed by atoms with Crippen molar-refractivity contribution < 1.29 is 9.21 Å². The number of nitrogens with one attached hydrogen (secondary N) is 1. The van der Waals surface area contributed by atoms with E-state index in [0.29, 0.717) is 18.2 Å². The van der Waals surface area contributed by atoms with Gasteiger partial charge >= 0.3 is 0 Å². The predicted octanol–water partition coefficient (Wildman–Crippen LogP) is 2.60. The number of hydrogen-bond donors (Lipinski definition) is 1. The number of rotatable bonds is 4. The van der Waals surface area contributed by atoms with Crippen LogP contribution in [0.3, 0.4) is 0 Å². The van der Waals surface area contributed by atoms with Gasteiger partial charge in [-0.2, -0.15) is 0 Å². The number of amides is 1. The van der Waals surface area contributed by atoms with Gasteiger partial charge in [-0.3, -0.25) is 4.79 Å². The lowest BCUT2D eigenvalue weighted by Crippen LogP contribution is -2.24. The van der Waals surface area contributed by atoms with Crippen molar-refractivity contribution in [1.82, 2.24) is 10.3 Å². The minimum atomic E-state index is -0.179. The van der Waals surface area contributed by atoms with E-state index in [1.165, 1.54) is 37.5 Å². The van der Waals surface area contributed by atoms with Gasteiger partial charge in [-0.1, -0.05) is 11.6 Å². The maximum atomic E-state index is 11.6. The van der Waals surface area contributed by atoms with Crippen LogP contribution < -0.4 is 5.32 Å². The highest BCUT2D eigenvalue weighted by molar-refractivity contribution is 5.91. The Balaban J connectivity index is 1.75. The molecule has 1 aliphatic carbocycles. The van der Waals surface area contributed by atoms with E-state index in [9.17, 15) is 4.79 Å². The average Bonchev–Trinajstić information content (AvgIpc) is 2.77. The van der Waals surface area contributed by atoms with Gasteiger partial charge in [0.2, 0.25) is 5.76 Å². The normalized spacial score (nSPS) is 15.5. The number of aryl methyl sites for hydroxylation is 1. The number of nitrogens with zero attached hydrogens (tertiary/aromatic N) is 1. The first-order valence-corrected chi connectivity index (χ1v) is 6.14. The molecule has 0 aliphatic heterocycles. The lowest BCUT2D eigenvalue weighted by atomic mass is 9.97. The number of carbonyl (C=O) groups is 1. The third-order valence-electron chi connectivity index (χ3n) is 2.96. The number of allylic oxidation sites excluding steroid dienone is 1. The fourth-order valence-electron chi connectivity index (χ4n) is 2.02. The molecule has 0 spiro atoms. The molecular weight excluding hydrogens is 216 g/mol. The Bertz CT molecular complexity index is 421. The molecule has 0 radical (unpaired) electrons. The summed E-state index contributed by atoms with van der Waals surface area (Å²) in [5.41, 5.74) is 1.46. The van der Waals surface area contributed by atoms with Crippen molar-refractivity contribution in [2.24, 2.45) is 0 Å². The van der Waals surface area contributed by atoms with Crippen LogP contribution in [-0.2, 0) is 0 Å². The molecule has 1 aromatic heterocycles. The van der Waals surface area contributed by atoms with Gasteiger partial charge in [0, 0.05) is 13.5 Å². The molecule has 4 nitrogen and oxygen atoms in total. The molecule has 0 unspecified atom stereocenters. The molecule has 1 N–H and O–H groups in total. The minimum Gasteiger partial charge on any atom is -0.436 e. The molecule has 92 valence electrons. The molecule has 0 aromatic carbocycles. The molecule has 1 aromatic rings. The van der Waals surface area contributed by atoms with Gasteiger partial charge in [0.25, 0.3) is 5.91 Å². The third kappa shape index (κ3) is 3.44. The summed E-state index contributed by atoms with van der Waals surface area (Å²) in [6.07, 6.45) is 9.65. The second-order valence-corrected chi connectivity index (χ2v) is 4.36. The van der Waals surface area contributed by atoms with Crippen molar-refractivity contribution in [1.29, 1.82) is 0 Å². The summed E-state index contributed by atoms with van der Waals surface area (Å²) in [6, 6.07) is 0. The zero-order valence-corrected chi connectivity index (χ0v) is 10.2. The molecule has 1 aliphatic rings. The number of carbonyl (C=O) groups excluding carboxylic acids is 1. The highest BCUT2D eigenvalue weighted by atomic mass is 16.4. The van der Waals surface area contributed by atoms with Gasteiger partial charge in [-0.15, -0.1) is 0 Å². The summed E-state index contributed by atoms with van der Waals surface area (Å²) in [5.74, 6) is 0.632. The van der Waals surface area contributed by atoms with Crippen molar-refractivity contribution in [2.75, 3.05) is 6.54 Å². The quantitative estimate of drug-likeness (QED) is 0.815. The van der Waals surface area contributed by atoms with Crippen molar-refractivity contribution in [2.45, 2.75) is 39.0 Å². The standard InChI is InChI=1S/C13H18N2O2/c1-10-15-9-12(17-10)13(16)14-8-7-11-5-3-2-4-6-11/h5,9H,2-4,6-8H2,1H3,(H,14,16). The molecule has 0 bridgehead atoms. The summed E-state index contributed by atoms with van der Waals surface area (Å²) < 4.78 is 5.15. The predicted molar refractivity (Wildman–Crippen MR) is 64.7 cm³/mol. The number of hydrogen-bond acceptors (Lipinski definition) is 3. The molecule has 0 saturated heterocycles. The summed E-state index contributed by atoms with van der Waals surface area (Å²) in [5, 5.41) is 2.85. The lowest BCUT2D eigenvalue weighted by molar-refractivity contribution is 0.0925. The zero-order valence-electron chi connectivity index (χ0n) is 10.2. The van der Waals surface area contributed by atoms with Crippen LogP contribution in [0.2, 0.25) is 0 Å². The van der Waals surface area contributed by atoms with E-state index in [2.05, 4.69) is 16.4 Å². The van der Waals surface area contributed by atoms with E-state index < -0.39 is 0 Å². The smallest absolute Gasteiger partial charge is 0.288 e. The Kier molecular flexibility index (Phi) is 3.96. The molecule has 1 amide bonds. The molecule has 17 heavy (non-hydrogen) atoms. The molecule has 1 heterocycles. The largest absolute Gasteiger partial charge is 0.436 e. The Morgan fingerprint density at radius 2 is 2.41 bits per heavy atom.